The van der Waals surface area contributed by atoms with E-state index in [-0.39, 0.29) is 6.03 Å². The number of rotatable bonds is 6. The molecule has 4 heteroatoms. The zero-order valence-electron chi connectivity index (χ0n) is 18.5. The van der Waals surface area contributed by atoms with Gasteiger partial charge in [-0.05, 0) is 49.8 Å². The summed E-state index contributed by atoms with van der Waals surface area (Å²) in [7, 11) is 0. The van der Waals surface area contributed by atoms with Crippen molar-refractivity contribution in [3.63, 3.8) is 0 Å². The molecular formula is C27H35N3O. The summed E-state index contributed by atoms with van der Waals surface area (Å²) in [6.45, 7) is 3.31. The van der Waals surface area contributed by atoms with E-state index in [1.165, 1.54) is 30.4 Å². The standard InChI is InChI=1S/C27H35N3O/c31-27-28-25-13-7-8-14-26(25)30(27)23-15-18-29(19-16-23)20-17-24(21-9-3-1-4-10-21)22-11-5-2-6-12-22/h1-6,9-12,23-26H,7-8,13-20H2,(H,28,31)/t25-,26+/m0/s1. The highest BCUT2D eigenvalue weighted by Gasteiger charge is 2.44. The van der Waals surface area contributed by atoms with Crippen LogP contribution in [-0.4, -0.2) is 53.6 Å². The number of likely N-dealkylation sites (tertiary alicyclic amines) is 1. The van der Waals surface area contributed by atoms with Crippen LogP contribution in [0.4, 0.5) is 4.79 Å². The molecule has 2 heterocycles. The highest BCUT2D eigenvalue weighted by molar-refractivity contribution is 5.78. The average Bonchev–Trinajstić information content (AvgIpc) is 3.17. The van der Waals surface area contributed by atoms with Gasteiger partial charge in [-0.1, -0.05) is 73.5 Å². The van der Waals surface area contributed by atoms with Crippen LogP contribution in [0.5, 0.6) is 0 Å². The molecule has 2 amide bonds. The van der Waals surface area contributed by atoms with Crippen LogP contribution < -0.4 is 5.32 Å². The van der Waals surface area contributed by atoms with Crippen molar-refractivity contribution in [2.75, 3.05) is 19.6 Å². The quantitative estimate of drug-likeness (QED) is 0.717. The van der Waals surface area contributed by atoms with Crippen molar-refractivity contribution in [3.05, 3.63) is 71.8 Å². The number of fused-ring (bicyclic) bond motifs is 1. The lowest BCUT2D eigenvalue weighted by atomic mass is 9.88. The second-order valence-electron chi connectivity index (χ2n) is 9.55. The molecule has 1 aliphatic carbocycles. The molecule has 2 aromatic carbocycles. The first-order valence-electron chi connectivity index (χ1n) is 12.2. The Morgan fingerprint density at radius 3 is 2.10 bits per heavy atom. The third kappa shape index (κ3) is 4.50. The fourth-order valence-corrected chi connectivity index (χ4v) is 6.06. The van der Waals surface area contributed by atoms with E-state index in [1.807, 2.05) is 0 Å². The Kier molecular flexibility index (Phi) is 6.26. The van der Waals surface area contributed by atoms with Gasteiger partial charge in [-0.2, -0.15) is 0 Å². The number of benzene rings is 2. The van der Waals surface area contributed by atoms with Crippen molar-refractivity contribution in [1.82, 2.24) is 15.1 Å². The maximum absolute atomic E-state index is 12.7. The molecule has 4 nitrogen and oxygen atoms in total. The molecule has 0 unspecified atom stereocenters. The smallest absolute Gasteiger partial charge is 0.318 e. The van der Waals surface area contributed by atoms with E-state index in [1.54, 1.807) is 0 Å². The molecular weight excluding hydrogens is 382 g/mol. The average molecular weight is 418 g/mol. The Balaban J connectivity index is 1.19. The molecule has 3 aliphatic rings. The van der Waals surface area contributed by atoms with Gasteiger partial charge in [-0.3, -0.25) is 0 Å². The van der Waals surface area contributed by atoms with Crippen LogP contribution >= 0.6 is 0 Å². The minimum absolute atomic E-state index is 0.198. The van der Waals surface area contributed by atoms with Crippen molar-refractivity contribution in [1.29, 1.82) is 0 Å². The number of carbonyl (C=O) groups is 1. The maximum Gasteiger partial charge on any atom is 0.318 e. The van der Waals surface area contributed by atoms with Gasteiger partial charge in [0.05, 0.1) is 12.1 Å². The number of piperidine rings is 1. The number of hydrogen-bond acceptors (Lipinski definition) is 2. The van der Waals surface area contributed by atoms with Crippen LogP contribution in [0.1, 0.15) is 62.0 Å². The van der Waals surface area contributed by atoms with Crippen molar-refractivity contribution in [3.8, 4) is 0 Å². The van der Waals surface area contributed by atoms with Crippen LogP contribution in [0.25, 0.3) is 0 Å². The fraction of sp³-hybridized carbons (Fsp3) is 0.519. The Bertz CT molecular complexity index is 808. The summed E-state index contributed by atoms with van der Waals surface area (Å²) in [5, 5.41) is 3.26. The van der Waals surface area contributed by atoms with Crippen LogP contribution in [0.2, 0.25) is 0 Å². The van der Waals surface area contributed by atoms with Crippen LogP contribution in [0.15, 0.2) is 60.7 Å². The van der Waals surface area contributed by atoms with E-state index in [9.17, 15) is 4.79 Å². The van der Waals surface area contributed by atoms with E-state index < -0.39 is 0 Å². The van der Waals surface area contributed by atoms with E-state index in [0.717, 1.165) is 45.3 Å². The largest absolute Gasteiger partial charge is 0.333 e. The van der Waals surface area contributed by atoms with Crippen molar-refractivity contribution >= 4 is 6.03 Å². The number of nitrogens with zero attached hydrogens (tertiary/aromatic N) is 2. The van der Waals surface area contributed by atoms with Crippen molar-refractivity contribution < 1.29 is 4.79 Å². The van der Waals surface area contributed by atoms with Gasteiger partial charge in [0.1, 0.15) is 0 Å². The molecule has 0 radical (unpaired) electrons. The molecule has 5 rings (SSSR count). The first-order valence-corrected chi connectivity index (χ1v) is 12.2. The van der Waals surface area contributed by atoms with E-state index >= 15 is 0 Å². The Hall–Kier alpha value is -2.33. The number of amides is 2. The van der Waals surface area contributed by atoms with Crippen molar-refractivity contribution in [2.45, 2.75) is 69.0 Å². The lowest BCUT2D eigenvalue weighted by molar-refractivity contribution is 0.101. The number of nitrogens with one attached hydrogen (secondary N) is 1. The lowest BCUT2D eigenvalue weighted by Gasteiger charge is -2.40. The van der Waals surface area contributed by atoms with E-state index in [4.69, 9.17) is 0 Å². The monoisotopic (exact) mass is 417 g/mol. The summed E-state index contributed by atoms with van der Waals surface area (Å²) in [5.41, 5.74) is 2.81. The van der Waals surface area contributed by atoms with Crippen LogP contribution in [0, 0.1) is 0 Å². The summed E-state index contributed by atoms with van der Waals surface area (Å²) in [4.78, 5) is 17.5. The second kappa shape index (κ2) is 9.44. The topological polar surface area (TPSA) is 35.6 Å². The molecule has 31 heavy (non-hydrogen) atoms. The highest BCUT2D eigenvalue weighted by atomic mass is 16.2. The summed E-state index contributed by atoms with van der Waals surface area (Å²) in [5.74, 6) is 0.437. The van der Waals surface area contributed by atoms with Gasteiger partial charge >= 0.3 is 6.03 Å². The van der Waals surface area contributed by atoms with Gasteiger partial charge in [-0.15, -0.1) is 0 Å². The van der Waals surface area contributed by atoms with Gasteiger partial charge in [0, 0.05) is 25.0 Å². The molecule has 2 atom stereocenters. The van der Waals surface area contributed by atoms with Crippen molar-refractivity contribution in [2.24, 2.45) is 0 Å². The first-order chi connectivity index (χ1) is 15.3. The SMILES string of the molecule is O=C1N[C@H]2CCCC[C@H]2N1C1CCN(CCC(c2ccccc2)c2ccccc2)CC1. The van der Waals surface area contributed by atoms with Crippen LogP contribution in [-0.2, 0) is 0 Å². The maximum atomic E-state index is 12.7. The van der Waals surface area contributed by atoms with E-state index in [2.05, 4.69) is 75.8 Å². The predicted octanol–water partition coefficient (Wildman–Crippen LogP) is 5.01. The molecule has 0 bridgehead atoms. The van der Waals surface area contributed by atoms with Gasteiger partial charge in [0.15, 0.2) is 0 Å². The van der Waals surface area contributed by atoms with Gasteiger partial charge in [0.25, 0.3) is 0 Å². The summed E-state index contributed by atoms with van der Waals surface area (Å²) in [6.07, 6.45) is 8.22. The molecule has 1 N–H and O–H groups in total. The Labute approximate surface area is 186 Å². The third-order valence-electron chi connectivity index (χ3n) is 7.72. The number of hydrogen-bond donors (Lipinski definition) is 1. The van der Waals surface area contributed by atoms with E-state index in [0.29, 0.717) is 24.0 Å². The molecule has 2 aromatic rings. The second-order valence-corrected chi connectivity index (χ2v) is 9.55. The zero-order chi connectivity index (χ0) is 21.0. The number of urea groups is 1. The summed E-state index contributed by atoms with van der Waals surface area (Å²) < 4.78 is 0. The molecule has 3 fully saturated rings. The van der Waals surface area contributed by atoms with Gasteiger partial charge < -0.3 is 15.1 Å². The molecule has 2 saturated heterocycles. The predicted molar refractivity (Wildman–Crippen MR) is 125 cm³/mol. The minimum atomic E-state index is 0.198. The molecule has 1 saturated carbocycles. The summed E-state index contributed by atoms with van der Waals surface area (Å²) >= 11 is 0. The normalized spacial score (nSPS) is 24.9. The Morgan fingerprint density at radius 2 is 1.45 bits per heavy atom. The molecule has 0 spiro atoms. The minimum Gasteiger partial charge on any atom is -0.333 e. The molecule has 2 aliphatic heterocycles. The van der Waals surface area contributed by atoms with Gasteiger partial charge in [0.2, 0.25) is 0 Å². The lowest BCUT2D eigenvalue weighted by Crippen LogP contribution is -2.50. The fourth-order valence-electron chi connectivity index (χ4n) is 6.06. The van der Waals surface area contributed by atoms with Gasteiger partial charge in [-0.25, -0.2) is 4.79 Å². The van der Waals surface area contributed by atoms with Crippen LogP contribution in [0.3, 0.4) is 0 Å². The first kappa shape index (κ1) is 20.6. The zero-order valence-corrected chi connectivity index (χ0v) is 18.5. The highest BCUT2D eigenvalue weighted by Crippen LogP contribution is 2.33. The molecule has 164 valence electrons. The number of carbonyl (C=O) groups excluding carboxylic acids is 1. The summed E-state index contributed by atoms with van der Waals surface area (Å²) in [6, 6.07) is 23.3. The third-order valence-corrected chi connectivity index (χ3v) is 7.72. The molecule has 0 aromatic heterocycles. The Morgan fingerprint density at radius 1 is 0.839 bits per heavy atom.